The van der Waals surface area contributed by atoms with Crippen LogP contribution in [0.1, 0.15) is 19.8 Å². The molecule has 6 heteroatoms. The lowest BCUT2D eigenvalue weighted by Crippen LogP contribution is -2.54. The molecule has 0 aromatic carbocycles. The van der Waals surface area contributed by atoms with Crippen LogP contribution in [0.15, 0.2) is 0 Å². The van der Waals surface area contributed by atoms with Crippen molar-refractivity contribution in [1.29, 1.82) is 0 Å². The summed E-state index contributed by atoms with van der Waals surface area (Å²) in [7, 11) is 3.33. The second-order valence-corrected chi connectivity index (χ2v) is 5.02. The van der Waals surface area contributed by atoms with Gasteiger partial charge < -0.3 is 20.7 Å². The fraction of sp³-hybridized carbons (Fsp3) is 0.833. The van der Waals surface area contributed by atoms with Crippen molar-refractivity contribution in [3.05, 3.63) is 0 Å². The number of hydrogen-bond acceptors (Lipinski definition) is 4. The Balaban J connectivity index is 2.65. The molecule has 0 spiro atoms. The molecule has 0 aromatic rings. The molecule has 2 amide bonds. The van der Waals surface area contributed by atoms with E-state index in [0.717, 1.165) is 0 Å². The maximum atomic E-state index is 12.3. The summed E-state index contributed by atoms with van der Waals surface area (Å²) in [5.74, 6) is -0.265. The molecular weight excluding hydrogens is 234 g/mol. The molecule has 1 atom stereocenters. The normalized spacial score (nSPS) is 20.0. The molecule has 3 N–H and O–H groups in total. The number of carbonyl (C=O) groups excluding carboxylic acids is 2. The predicted molar refractivity (Wildman–Crippen MR) is 67.8 cm³/mol. The lowest BCUT2D eigenvalue weighted by Gasteiger charge is -2.35. The summed E-state index contributed by atoms with van der Waals surface area (Å²) < 4.78 is 5.26. The second-order valence-electron chi connectivity index (χ2n) is 5.02. The first-order valence-corrected chi connectivity index (χ1v) is 6.23. The first kappa shape index (κ1) is 14.9. The molecule has 1 saturated heterocycles. The van der Waals surface area contributed by atoms with Gasteiger partial charge in [0.05, 0.1) is 5.41 Å². The molecule has 1 rings (SSSR count). The van der Waals surface area contributed by atoms with Crippen molar-refractivity contribution < 1.29 is 14.3 Å². The van der Waals surface area contributed by atoms with Gasteiger partial charge in [-0.25, -0.2) is 0 Å². The van der Waals surface area contributed by atoms with E-state index < -0.39 is 11.5 Å². The smallest absolute Gasteiger partial charge is 0.244 e. The van der Waals surface area contributed by atoms with Gasteiger partial charge in [0.2, 0.25) is 11.8 Å². The highest BCUT2D eigenvalue weighted by molar-refractivity contribution is 5.89. The Morgan fingerprint density at radius 2 is 1.94 bits per heavy atom. The van der Waals surface area contributed by atoms with Crippen molar-refractivity contribution >= 4 is 11.8 Å². The van der Waals surface area contributed by atoms with Gasteiger partial charge in [-0.2, -0.15) is 0 Å². The predicted octanol–water partition coefficient (Wildman–Crippen LogP) is -0.665. The third kappa shape index (κ3) is 3.20. The molecule has 0 aromatic heterocycles. The zero-order valence-electron chi connectivity index (χ0n) is 11.4. The van der Waals surface area contributed by atoms with E-state index in [-0.39, 0.29) is 18.4 Å². The number of ether oxygens (including phenoxy) is 1. The molecule has 18 heavy (non-hydrogen) atoms. The molecular formula is C12H23N3O3. The molecule has 1 aliphatic heterocycles. The Bertz CT molecular complexity index is 312. The van der Waals surface area contributed by atoms with E-state index in [1.165, 1.54) is 4.90 Å². The first-order chi connectivity index (χ1) is 8.43. The Morgan fingerprint density at radius 1 is 1.39 bits per heavy atom. The van der Waals surface area contributed by atoms with Crippen molar-refractivity contribution in [2.24, 2.45) is 11.1 Å². The van der Waals surface area contributed by atoms with Crippen molar-refractivity contribution in [2.45, 2.75) is 25.8 Å². The maximum absolute atomic E-state index is 12.3. The Labute approximate surface area is 108 Å². The minimum Gasteiger partial charge on any atom is -0.381 e. The molecule has 104 valence electrons. The van der Waals surface area contributed by atoms with Gasteiger partial charge in [0.25, 0.3) is 0 Å². The molecule has 1 fully saturated rings. The summed E-state index contributed by atoms with van der Waals surface area (Å²) in [4.78, 5) is 25.4. The second kappa shape index (κ2) is 6.15. The standard InChI is InChI=1S/C12H23N3O3/c1-9(10(16)15(2)3)14-11(17)12(8-13)4-6-18-7-5-12/h9H,4-8,13H2,1-3H3,(H,14,17). The topological polar surface area (TPSA) is 84.7 Å². The van der Waals surface area contributed by atoms with Gasteiger partial charge >= 0.3 is 0 Å². The number of rotatable bonds is 4. The first-order valence-electron chi connectivity index (χ1n) is 6.23. The van der Waals surface area contributed by atoms with Crippen LogP contribution in [-0.2, 0) is 14.3 Å². The molecule has 0 bridgehead atoms. The van der Waals surface area contributed by atoms with Crippen molar-refractivity contribution in [3.63, 3.8) is 0 Å². The van der Waals surface area contributed by atoms with Crippen LogP contribution in [0.4, 0.5) is 0 Å². The molecule has 1 aliphatic rings. The summed E-state index contributed by atoms with van der Waals surface area (Å²) in [5, 5.41) is 2.76. The number of carbonyl (C=O) groups is 2. The fourth-order valence-corrected chi connectivity index (χ4v) is 2.08. The van der Waals surface area contributed by atoms with Crippen LogP contribution >= 0.6 is 0 Å². The molecule has 6 nitrogen and oxygen atoms in total. The van der Waals surface area contributed by atoms with Crippen molar-refractivity contribution in [3.8, 4) is 0 Å². The Kier molecular flexibility index (Phi) is 5.10. The summed E-state index contributed by atoms with van der Waals surface area (Å²) in [6, 6.07) is -0.529. The van der Waals surface area contributed by atoms with E-state index in [1.54, 1.807) is 21.0 Å². The van der Waals surface area contributed by atoms with Gasteiger partial charge in [-0.05, 0) is 19.8 Å². The number of hydrogen-bond donors (Lipinski definition) is 2. The van der Waals surface area contributed by atoms with E-state index >= 15 is 0 Å². The summed E-state index contributed by atoms with van der Waals surface area (Å²) in [6.45, 7) is 3.05. The van der Waals surface area contributed by atoms with Gasteiger partial charge in [0.1, 0.15) is 6.04 Å². The monoisotopic (exact) mass is 257 g/mol. The summed E-state index contributed by atoms with van der Waals surface area (Å²) >= 11 is 0. The lowest BCUT2D eigenvalue weighted by atomic mass is 9.79. The number of nitrogens with two attached hydrogens (primary N) is 1. The van der Waals surface area contributed by atoms with Gasteiger partial charge in [0.15, 0.2) is 0 Å². The third-order valence-electron chi connectivity index (χ3n) is 3.48. The van der Waals surface area contributed by atoms with E-state index in [1.807, 2.05) is 0 Å². The SMILES string of the molecule is CC(NC(=O)C1(CN)CCOCC1)C(=O)N(C)C. The Morgan fingerprint density at radius 3 is 2.39 bits per heavy atom. The highest BCUT2D eigenvalue weighted by atomic mass is 16.5. The molecule has 0 radical (unpaired) electrons. The molecule has 0 aliphatic carbocycles. The van der Waals surface area contributed by atoms with Crippen LogP contribution in [-0.4, -0.2) is 56.6 Å². The van der Waals surface area contributed by atoms with Gasteiger partial charge in [-0.1, -0.05) is 0 Å². The van der Waals surface area contributed by atoms with Crippen LogP contribution < -0.4 is 11.1 Å². The summed E-state index contributed by atoms with van der Waals surface area (Å²) in [5.41, 5.74) is 5.15. The lowest BCUT2D eigenvalue weighted by molar-refractivity contribution is -0.141. The molecule has 0 saturated carbocycles. The largest absolute Gasteiger partial charge is 0.381 e. The highest BCUT2D eigenvalue weighted by Gasteiger charge is 2.39. The quantitative estimate of drug-likeness (QED) is 0.700. The van der Waals surface area contributed by atoms with Gasteiger partial charge in [-0.3, -0.25) is 9.59 Å². The highest BCUT2D eigenvalue weighted by Crippen LogP contribution is 2.29. The van der Waals surface area contributed by atoms with Gasteiger partial charge in [0, 0.05) is 33.9 Å². The van der Waals surface area contributed by atoms with Crippen LogP contribution in [0.2, 0.25) is 0 Å². The van der Waals surface area contributed by atoms with Crippen LogP contribution in [0, 0.1) is 5.41 Å². The minimum absolute atomic E-state index is 0.123. The van der Waals surface area contributed by atoms with Gasteiger partial charge in [-0.15, -0.1) is 0 Å². The van der Waals surface area contributed by atoms with E-state index in [4.69, 9.17) is 10.5 Å². The zero-order valence-corrected chi connectivity index (χ0v) is 11.4. The molecule has 1 unspecified atom stereocenters. The number of nitrogens with one attached hydrogen (secondary N) is 1. The zero-order chi connectivity index (χ0) is 13.8. The van der Waals surface area contributed by atoms with Crippen molar-refractivity contribution in [2.75, 3.05) is 33.9 Å². The molecule has 1 heterocycles. The maximum Gasteiger partial charge on any atom is 0.244 e. The number of likely N-dealkylation sites (N-methyl/N-ethyl adjacent to an activating group) is 1. The average molecular weight is 257 g/mol. The van der Waals surface area contributed by atoms with E-state index in [9.17, 15) is 9.59 Å². The fourth-order valence-electron chi connectivity index (χ4n) is 2.08. The Hall–Kier alpha value is -1.14. The van der Waals surface area contributed by atoms with E-state index in [0.29, 0.717) is 26.1 Å². The van der Waals surface area contributed by atoms with Crippen LogP contribution in [0.25, 0.3) is 0 Å². The van der Waals surface area contributed by atoms with Crippen LogP contribution in [0.5, 0.6) is 0 Å². The number of nitrogens with zero attached hydrogens (tertiary/aromatic N) is 1. The van der Waals surface area contributed by atoms with E-state index in [2.05, 4.69) is 5.32 Å². The third-order valence-corrected chi connectivity index (χ3v) is 3.48. The van der Waals surface area contributed by atoms with Crippen molar-refractivity contribution in [1.82, 2.24) is 10.2 Å². The number of amides is 2. The van der Waals surface area contributed by atoms with Crippen LogP contribution in [0.3, 0.4) is 0 Å². The summed E-state index contributed by atoms with van der Waals surface area (Å²) in [6.07, 6.45) is 1.22. The minimum atomic E-state index is -0.584. The average Bonchev–Trinajstić information content (AvgIpc) is 2.38.